The summed E-state index contributed by atoms with van der Waals surface area (Å²) in [4.78, 5) is 31.2. The normalized spacial score (nSPS) is 21.5. The third-order valence-corrected chi connectivity index (χ3v) is 18.5. The number of nitrogens with zero attached hydrogens (tertiary/aromatic N) is 1. The average Bonchev–Trinajstić information content (AvgIpc) is 3.83. The first kappa shape index (κ1) is 40.2. The van der Waals surface area contributed by atoms with Crippen molar-refractivity contribution in [1.82, 2.24) is 4.90 Å². The van der Waals surface area contributed by atoms with Gasteiger partial charge in [-0.25, -0.2) is 0 Å². The Kier molecular flexibility index (Phi) is 11.5. The Labute approximate surface area is 347 Å². The Bertz CT molecular complexity index is 2300. The number of imide groups is 1. The van der Waals surface area contributed by atoms with Gasteiger partial charge in [-0.3, -0.25) is 14.5 Å². The number of phenolic OH excluding ortho intramolecular Hbond substituents is 1. The highest BCUT2D eigenvalue weighted by atomic mass is 32.1. The van der Waals surface area contributed by atoms with E-state index < -0.39 is 33.4 Å². The number of carbonyl (C=O) groups is 2. The Hall–Kier alpha value is -4.58. The zero-order chi connectivity index (χ0) is 40.6. The largest absolute Gasteiger partial charge is 0.507 e. The van der Waals surface area contributed by atoms with E-state index in [1.54, 1.807) is 17.4 Å². The molecule has 2 amide bonds. The van der Waals surface area contributed by atoms with Crippen LogP contribution < -0.4 is 10.4 Å². The molecule has 3 aliphatic rings. The Morgan fingerprint density at radius 3 is 2.21 bits per heavy atom. The van der Waals surface area contributed by atoms with Crippen molar-refractivity contribution in [2.75, 3.05) is 6.61 Å². The van der Waals surface area contributed by atoms with Crippen LogP contribution in [0.3, 0.4) is 0 Å². The van der Waals surface area contributed by atoms with Crippen LogP contribution in [0.5, 0.6) is 5.75 Å². The third-order valence-electron chi connectivity index (χ3n) is 12.6. The van der Waals surface area contributed by atoms with Crippen LogP contribution in [0, 0.1) is 17.8 Å². The maximum atomic E-state index is 14.4. The fourth-order valence-electron chi connectivity index (χ4n) is 9.95. The van der Waals surface area contributed by atoms with Crippen LogP contribution in [0.1, 0.15) is 63.8 Å². The summed E-state index contributed by atoms with van der Waals surface area (Å²) in [5, 5.41) is 27.8. The van der Waals surface area contributed by atoms with Gasteiger partial charge in [0.05, 0.1) is 31.1 Å². The topological polar surface area (TPSA) is 96.3 Å². The number of fused-ring (bicyclic) bond motifs is 4. The molecule has 298 valence electrons. The van der Waals surface area contributed by atoms with Crippen molar-refractivity contribution in [2.45, 2.75) is 77.4 Å². The predicted octanol–water partition coefficient (Wildman–Crippen LogP) is 8.75. The van der Waals surface area contributed by atoms with Crippen molar-refractivity contribution in [3.63, 3.8) is 0 Å². The van der Waals surface area contributed by atoms with Crippen LogP contribution in [0.25, 0.3) is 16.8 Å². The molecule has 3 heterocycles. The number of carbonyl (C=O) groups excluding carboxylic acids is 2. The quantitative estimate of drug-likeness (QED) is 0.0744. The summed E-state index contributed by atoms with van der Waals surface area (Å²) in [6.45, 7) is 9.48. The van der Waals surface area contributed by atoms with Crippen molar-refractivity contribution >= 4 is 65.8 Å². The van der Waals surface area contributed by atoms with E-state index in [0.29, 0.717) is 25.9 Å². The number of phenols is 1. The van der Waals surface area contributed by atoms with Crippen molar-refractivity contribution in [3.05, 3.63) is 142 Å². The van der Waals surface area contributed by atoms with Crippen molar-refractivity contribution in [3.8, 4) is 5.75 Å². The minimum atomic E-state index is -2.97. The van der Waals surface area contributed by atoms with Crippen LogP contribution >= 0.6 is 11.3 Å². The molecule has 4 atom stereocenters. The Balaban J connectivity index is 1.19. The SMILES string of the molecule is CC/C(=C\c1ccc(O)c2ccccc12)CC[C@H]1OB(O)C[C@H]2C1=C(CO[Si](c1ccccc1)(c1ccccc1)C(C)(C)C)C[C@H]1C(=O)N(Cc3cccs3)C(=O)[C@H]12. The van der Waals surface area contributed by atoms with Gasteiger partial charge in [0.2, 0.25) is 11.8 Å². The summed E-state index contributed by atoms with van der Waals surface area (Å²) < 4.78 is 14.0. The number of allylic oxidation sites excluding steroid dienone is 1. The van der Waals surface area contributed by atoms with E-state index in [0.717, 1.165) is 38.8 Å². The lowest BCUT2D eigenvalue weighted by atomic mass is 9.58. The second-order valence-electron chi connectivity index (χ2n) is 17.0. The number of thiophene rings is 1. The highest BCUT2D eigenvalue weighted by Gasteiger charge is 2.58. The Morgan fingerprint density at radius 1 is 0.897 bits per heavy atom. The molecule has 58 heavy (non-hydrogen) atoms. The van der Waals surface area contributed by atoms with E-state index in [1.807, 2.05) is 60.0 Å². The highest BCUT2D eigenvalue weighted by molar-refractivity contribution is 7.09. The molecular weight excluding hydrogens is 757 g/mol. The molecule has 0 bridgehead atoms. The van der Waals surface area contributed by atoms with Crippen LogP contribution in [-0.2, 0) is 25.2 Å². The molecule has 7 nitrogen and oxygen atoms in total. The maximum absolute atomic E-state index is 14.4. The number of benzene rings is 4. The lowest BCUT2D eigenvalue weighted by Crippen LogP contribution is -2.66. The highest BCUT2D eigenvalue weighted by Crippen LogP contribution is 2.51. The molecule has 1 aliphatic carbocycles. The fraction of sp³-hybridized carbons (Fsp3) is 0.333. The molecule has 1 aromatic heterocycles. The van der Waals surface area contributed by atoms with E-state index in [9.17, 15) is 19.7 Å². The molecule has 0 unspecified atom stereocenters. The minimum Gasteiger partial charge on any atom is -0.507 e. The van der Waals surface area contributed by atoms with Crippen LogP contribution in [-0.4, -0.2) is 55.0 Å². The van der Waals surface area contributed by atoms with Crippen molar-refractivity contribution in [2.24, 2.45) is 17.8 Å². The molecule has 2 aliphatic heterocycles. The molecule has 2 saturated heterocycles. The van der Waals surface area contributed by atoms with Gasteiger partial charge in [0, 0.05) is 10.3 Å². The second kappa shape index (κ2) is 16.6. The fourth-order valence-corrected chi connectivity index (χ4v) is 15.2. The lowest BCUT2D eigenvalue weighted by molar-refractivity contribution is -0.140. The van der Waals surface area contributed by atoms with Gasteiger partial charge in [-0.2, -0.15) is 0 Å². The van der Waals surface area contributed by atoms with Crippen LogP contribution in [0.2, 0.25) is 11.4 Å². The van der Waals surface area contributed by atoms with Gasteiger partial charge in [0.25, 0.3) is 8.32 Å². The molecule has 5 aromatic rings. The summed E-state index contributed by atoms with van der Waals surface area (Å²) in [6, 6.07) is 36.6. The monoisotopic (exact) mass is 809 g/mol. The molecular formula is C48H52BNO6SSi. The van der Waals surface area contributed by atoms with Gasteiger partial charge in [-0.05, 0) is 92.9 Å². The van der Waals surface area contributed by atoms with Gasteiger partial charge in [-0.1, -0.05) is 136 Å². The maximum Gasteiger partial charge on any atom is 0.455 e. The summed E-state index contributed by atoms with van der Waals surface area (Å²) in [5.41, 5.74) is 4.29. The van der Waals surface area contributed by atoms with Gasteiger partial charge < -0.3 is 19.2 Å². The van der Waals surface area contributed by atoms with E-state index >= 15 is 0 Å². The van der Waals surface area contributed by atoms with E-state index in [-0.39, 0.29) is 41.4 Å². The second-order valence-corrected chi connectivity index (χ2v) is 22.4. The number of amides is 2. The lowest BCUT2D eigenvalue weighted by Gasteiger charge is -2.46. The summed E-state index contributed by atoms with van der Waals surface area (Å²) >= 11 is 1.54. The molecule has 2 fully saturated rings. The number of hydrogen-bond acceptors (Lipinski definition) is 7. The zero-order valence-corrected chi connectivity index (χ0v) is 35.6. The van der Waals surface area contributed by atoms with E-state index in [1.165, 1.54) is 20.8 Å². The molecule has 4 aromatic carbocycles. The molecule has 0 spiro atoms. The Morgan fingerprint density at radius 2 is 1.57 bits per heavy atom. The average molecular weight is 810 g/mol. The molecule has 0 radical (unpaired) electrons. The van der Waals surface area contributed by atoms with E-state index in [4.69, 9.17) is 9.08 Å². The molecule has 10 heteroatoms. The smallest absolute Gasteiger partial charge is 0.455 e. The summed E-state index contributed by atoms with van der Waals surface area (Å²) in [5.74, 6) is -1.49. The standard InChI is InChI=1S/C48H52BNO6SSi/c1-5-32(27-33-23-24-42(51)39-21-13-12-20-38(33)39)22-25-43-44-34(31-55-58(48(2,3)4,36-16-8-6-9-17-36)37-18-10-7-11-19-37)28-40-45(41(44)29-49(54)56-43)47(53)50(46(40)52)30-35-15-14-26-57-35/h6-21,23-24,26-27,40-41,43,45,51,54H,5,22,25,28-31H2,1-4H3/b32-27+/t40-,41+,43-,45-/m1/s1. The molecule has 0 saturated carbocycles. The summed E-state index contributed by atoms with van der Waals surface area (Å²) in [6.07, 6.45) is 4.51. The van der Waals surface area contributed by atoms with Gasteiger partial charge in [0.1, 0.15) is 5.75 Å². The van der Waals surface area contributed by atoms with E-state index in [2.05, 4.69) is 82.3 Å². The van der Waals surface area contributed by atoms with Gasteiger partial charge in [-0.15, -0.1) is 11.3 Å². The molecule has 8 rings (SSSR count). The number of likely N-dealkylation sites (tertiary alicyclic amines) is 1. The first-order chi connectivity index (χ1) is 28.0. The number of aromatic hydroxyl groups is 1. The van der Waals surface area contributed by atoms with Gasteiger partial charge in [0.15, 0.2) is 0 Å². The number of rotatable bonds is 12. The van der Waals surface area contributed by atoms with Crippen molar-refractivity contribution < 1.29 is 28.8 Å². The van der Waals surface area contributed by atoms with Gasteiger partial charge >= 0.3 is 7.12 Å². The van der Waals surface area contributed by atoms with Crippen LogP contribution in [0.15, 0.2) is 131 Å². The third kappa shape index (κ3) is 7.46. The zero-order valence-electron chi connectivity index (χ0n) is 33.8. The summed E-state index contributed by atoms with van der Waals surface area (Å²) in [7, 11) is -4.04. The predicted molar refractivity (Wildman–Crippen MR) is 236 cm³/mol. The minimum absolute atomic E-state index is 0.139. The molecule has 2 N–H and O–H groups in total. The first-order valence-corrected chi connectivity index (χ1v) is 23.4. The van der Waals surface area contributed by atoms with Crippen molar-refractivity contribution in [1.29, 1.82) is 0 Å². The number of hydrogen-bond donors (Lipinski definition) is 2. The first-order valence-electron chi connectivity index (χ1n) is 20.6. The van der Waals surface area contributed by atoms with Crippen LogP contribution in [0.4, 0.5) is 0 Å².